The largest absolute Gasteiger partial charge is 0.474 e. The first-order valence-electron chi connectivity index (χ1n) is 5.94. The average molecular weight is 268 g/mol. The van der Waals surface area contributed by atoms with Crippen molar-refractivity contribution in [2.45, 2.75) is 18.9 Å². The summed E-state index contributed by atoms with van der Waals surface area (Å²) in [4.78, 5) is 10.4. The Labute approximate surface area is 110 Å². The number of fused-ring (bicyclic) bond motifs is 1. The molecule has 1 saturated heterocycles. The van der Waals surface area contributed by atoms with Crippen LogP contribution in [0.4, 0.5) is 0 Å². The Hall–Kier alpha value is -1.40. The number of hydrogen-bond acceptors (Lipinski definition) is 5. The van der Waals surface area contributed by atoms with Gasteiger partial charge < -0.3 is 9.64 Å². The zero-order valence-electron chi connectivity index (χ0n) is 10.1. The topological polar surface area (TPSA) is 55.5 Å². The molecule has 0 unspecified atom stereocenters. The Balaban J connectivity index is 1.83. The van der Waals surface area contributed by atoms with Crippen LogP contribution in [0.2, 0.25) is 5.15 Å². The van der Waals surface area contributed by atoms with Crippen molar-refractivity contribution < 1.29 is 4.74 Å². The summed E-state index contributed by atoms with van der Waals surface area (Å²) in [6, 6.07) is 1.68. The number of likely N-dealkylation sites (tertiary alicyclic amines) is 1. The van der Waals surface area contributed by atoms with Gasteiger partial charge in [-0.15, -0.1) is 0 Å². The molecule has 1 fully saturated rings. The fraction of sp³-hybridized carbons (Fsp3) is 0.545. The molecule has 1 aliphatic rings. The van der Waals surface area contributed by atoms with Gasteiger partial charge in [-0.05, 0) is 19.9 Å². The molecule has 0 aliphatic carbocycles. The Morgan fingerprint density at radius 2 is 2.17 bits per heavy atom. The molecule has 1 aliphatic heterocycles. The van der Waals surface area contributed by atoms with E-state index in [0.29, 0.717) is 16.8 Å². The summed E-state index contributed by atoms with van der Waals surface area (Å²) >= 11 is 5.94. The molecule has 2 aromatic rings. The van der Waals surface area contributed by atoms with Crippen molar-refractivity contribution in [1.29, 1.82) is 0 Å². The number of aromatic nitrogens is 4. The molecular weight excluding hydrogens is 254 g/mol. The van der Waals surface area contributed by atoms with Crippen LogP contribution in [-0.4, -0.2) is 50.7 Å². The summed E-state index contributed by atoms with van der Waals surface area (Å²) in [7, 11) is 2.12. The molecule has 96 valence electrons. The summed E-state index contributed by atoms with van der Waals surface area (Å²) in [5, 5.41) is 4.46. The van der Waals surface area contributed by atoms with E-state index in [1.54, 1.807) is 10.6 Å². The Morgan fingerprint density at radius 3 is 2.94 bits per heavy atom. The minimum atomic E-state index is 0.201. The van der Waals surface area contributed by atoms with Crippen LogP contribution in [0, 0.1) is 0 Å². The molecule has 0 atom stereocenters. The molecule has 0 radical (unpaired) electrons. The lowest BCUT2D eigenvalue weighted by molar-refractivity contribution is 0.107. The predicted octanol–water partition coefficient (Wildman–Crippen LogP) is 1.25. The quantitative estimate of drug-likeness (QED) is 0.767. The summed E-state index contributed by atoms with van der Waals surface area (Å²) in [5.74, 6) is 1.07. The SMILES string of the molecule is CN1CCC(Oc2cc(Cl)nc3ncnn23)CC1. The summed E-state index contributed by atoms with van der Waals surface area (Å²) in [6.07, 6.45) is 3.66. The maximum atomic E-state index is 5.97. The molecule has 0 amide bonds. The van der Waals surface area contributed by atoms with E-state index in [-0.39, 0.29) is 6.10 Å². The smallest absolute Gasteiger partial charge is 0.256 e. The highest BCUT2D eigenvalue weighted by atomic mass is 35.5. The zero-order valence-corrected chi connectivity index (χ0v) is 10.8. The van der Waals surface area contributed by atoms with Crippen molar-refractivity contribution in [3.8, 4) is 5.88 Å². The third-order valence-corrected chi connectivity index (χ3v) is 3.33. The Kier molecular flexibility index (Phi) is 3.05. The fourth-order valence-electron chi connectivity index (χ4n) is 2.12. The average Bonchev–Trinajstić information content (AvgIpc) is 2.80. The highest BCUT2D eigenvalue weighted by Crippen LogP contribution is 2.21. The van der Waals surface area contributed by atoms with Gasteiger partial charge in [0.2, 0.25) is 5.88 Å². The van der Waals surface area contributed by atoms with Crippen molar-refractivity contribution in [3.05, 3.63) is 17.5 Å². The van der Waals surface area contributed by atoms with Crippen LogP contribution in [0.15, 0.2) is 12.4 Å². The third-order valence-electron chi connectivity index (χ3n) is 3.14. The minimum absolute atomic E-state index is 0.201. The van der Waals surface area contributed by atoms with Gasteiger partial charge in [0.25, 0.3) is 5.78 Å². The molecule has 3 rings (SSSR count). The van der Waals surface area contributed by atoms with Crippen LogP contribution in [0.25, 0.3) is 5.78 Å². The number of piperidine rings is 1. The third kappa shape index (κ3) is 2.26. The highest BCUT2D eigenvalue weighted by Gasteiger charge is 2.19. The first-order chi connectivity index (χ1) is 8.72. The van der Waals surface area contributed by atoms with E-state index in [2.05, 4.69) is 27.0 Å². The van der Waals surface area contributed by atoms with Crippen LogP contribution in [0.5, 0.6) is 5.88 Å². The second kappa shape index (κ2) is 4.70. The molecule has 0 spiro atoms. The lowest BCUT2D eigenvalue weighted by Gasteiger charge is -2.29. The van der Waals surface area contributed by atoms with Crippen LogP contribution in [-0.2, 0) is 0 Å². The van der Waals surface area contributed by atoms with Crippen molar-refractivity contribution in [2.75, 3.05) is 20.1 Å². The van der Waals surface area contributed by atoms with E-state index in [9.17, 15) is 0 Å². The summed E-state index contributed by atoms with van der Waals surface area (Å²) < 4.78 is 7.54. The maximum absolute atomic E-state index is 5.97. The van der Waals surface area contributed by atoms with Gasteiger partial charge in [0, 0.05) is 19.2 Å². The number of halogens is 1. The lowest BCUT2D eigenvalue weighted by Crippen LogP contribution is -2.36. The molecule has 0 bridgehead atoms. The van der Waals surface area contributed by atoms with E-state index >= 15 is 0 Å². The Morgan fingerprint density at radius 1 is 1.39 bits per heavy atom. The van der Waals surface area contributed by atoms with Gasteiger partial charge >= 0.3 is 0 Å². The number of nitrogens with zero attached hydrogens (tertiary/aromatic N) is 5. The molecule has 0 saturated carbocycles. The van der Waals surface area contributed by atoms with Crippen LogP contribution >= 0.6 is 11.6 Å². The van der Waals surface area contributed by atoms with Gasteiger partial charge in [-0.1, -0.05) is 11.6 Å². The molecule has 3 heterocycles. The normalized spacial score (nSPS) is 18.3. The first-order valence-corrected chi connectivity index (χ1v) is 6.31. The number of ether oxygens (including phenoxy) is 1. The van der Waals surface area contributed by atoms with Crippen LogP contribution in [0.1, 0.15) is 12.8 Å². The standard InChI is InChI=1S/C11H14ClN5O/c1-16-4-2-8(3-5-16)18-10-6-9(12)15-11-13-7-14-17(10)11/h6-8H,2-5H2,1H3. The van der Waals surface area contributed by atoms with E-state index in [1.165, 1.54) is 6.33 Å². The molecule has 2 aromatic heterocycles. The van der Waals surface area contributed by atoms with Gasteiger partial charge in [-0.2, -0.15) is 19.6 Å². The van der Waals surface area contributed by atoms with Crippen molar-refractivity contribution in [2.24, 2.45) is 0 Å². The van der Waals surface area contributed by atoms with Gasteiger partial charge in [-0.25, -0.2) is 0 Å². The lowest BCUT2D eigenvalue weighted by atomic mass is 10.1. The number of rotatable bonds is 2. The number of hydrogen-bond donors (Lipinski definition) is 0. The van der Waals surface area contributed by atoms with Gasteiger partial charge in [-0.3, -0.25) is 0 Å². The zero-order chi connectivity index (χ0) is 12.5. The first kappa shape index (κ1) is 11.7. The van der Waals surface area contributed by atoms with Crippen molar-refractivity contribution in [3.63, 3.8) is 0 Å². The molecule has 0 aromatic carbocycles. The monoisotopic (exact) mass is 267 g/mol. The molecule has 7 heteroatoms. The molecule has 18 heavy (non-hydrogen) atoms. The van der Waals surface area contributed by atoms with Crippen LogP contribution < -0.4 is 4.74 Å². The van der Waals surface area contributed by atoms with Crippen LogP contribution in [0.3, 0.4) is 0 Å². The molecule has 0 N–H and O–H groups in total. The summed E-state index contributed by atoms with van der Waals surface area (Å²) in [5.41, 5.74) is 0. The predicted molar refractivity (Wildman–Crippen MR) is 66.9 cm³/mol. The molecular formula is C11H14ClN5O. The van der Waals surface area contributed by atoms with Gasteiger partial charge in [0.1, 0.15) is 17.6 Å². The van der Waals surface area contributed by atoms with Crippen molar-refractivity contribution in [1.82, 2.24) is 24.5 Å². The van der Waals surface area contributed by atoms with Gasteiger partial charge in [0.15, 0.2) is 0 Å². The minimum Gasteiger partial charge on any atom is -0.474 e. The van der Waals surface area contributed by atoms with E-state index in [0.717, 1.165) is 25.9 Å². The summed E-state index contributed by atoms with van der Waals surface area (Å²) in [6.45, 7) is 2.09. The van der Waals surface area contributed by atoms with E-state index < -0.39 is 0 Å². The van der Waals surface area contributed by atoms with E-state index in [1.807, 2.05) is 0 Å². The van der Waals surface area contributed by atoms with Crippen molar-refractivity contribution >= 4 is 17.4 Å². The highest BCUT2D eigenvalue weighted by molar-refractivity contribution is 6.29. The van der Waals surface area contributed by atoms with Gasteiger partial charge in [0.05, 0.1) is 0 Å². The molecule has 6 nitrogen and oxygen atoms in total. The maximum Gasteiger partial charge on any atom is 0.256 e. The Bertz CT molecular complexity index is 549. The second-order valence-corrected chi connectivity index (χ2v) is 4.90. The second-order valence-electron chi connectivity index (χ2n) is 4.51. The fourth-order valence-corrected chi connectivity index (χ4v) is 2.28. The van der Waals surface area contributed by atoms with E-state index in [4.69, 9.17) is 16.3 Å².